The maximum absolute atomic E-state index is 13.5. The van der Waals surface area contributed by atoms with E-state index in [2.05, 4.69) is 0 Å². The predicted molar refractivity (Wildman–Crippen MR) is 121 cm³/mol. The first-order valence-corrected chi connectivity index (χ1v) is 10.7. The number of benzene rings is 2. The average Bonchev–Trinajstić information content (AvgIpc) is 3.03. The number of amides is 1. The molecule has 3 aromatic rings. The van der Waals surface area contributed by atoms with Crippen LogP contribution in [-0.4, -0.2) is 49.5 Å². The summed E-state index contributed by atoms with van der Waals surface area (Å²) >= 11 is 6.12. The molecule has 0 fully saturated rings. The summed E-state index contributed by atoms with van der Waals surface area (Å²) in [6.07, 6.45) is 0.918. The van der Waals surface area contributed by atoms with E-state index in [-0.39, 0.29) is 17.1 Å². The number of fused-ring (bicyclic) bond motifs is 2. The molecule has 2 aromatic carbocycles. The molecule has 0 aliphatic carbocycles. The summed E-state index contributed by atoms with van der Waals surface area (Å²) in [4.78, 5) is 30.5. The van der Waals surface area contributed by atoms with E-state index in [0.717, 1.165) is 17.7 Å². The van der Waals surface area contributed by atoms with E-state index >= 15 is 0 Å². The molecule has 1 unspecified atom stereocenters. The molecule has 0 bridgehead atoms. The summed E-state index contributed by atoms with van der Waals surface area (Å²) in [6, 6.07) is 11.9. The zero-order chi connectivity index (χ0) is 22.1. The topological polar surface area (TPSA) is 63.0 Å². The summed E-state index contributed by atoms with van der Waals surface area (Å²) in [5.41, 5.74) is 1.33. The molecule has 0 saturated heterocycles. The Hall–Kier alpha value is -2.83. The fourth-order valence-corrected chi connectivity index (χ4v) is 4.02. The van der Waals surface area contributed by atoms with Crippen molar-refractivity contribution in [3.8, 4) is 5.75 Å². The molecule has 0 saturated carbocycles. The van der Waals surface area contributed by atoms with E-state index in [1.54, 1.807) is 23.1 Å². The molecular weight excluding hydrogens is 416 g/mol. The molecule has 1 aliphatic rings. The summed E-state index contributed by atoms with van der Waals surface area (Å²) in [5, 5.41) is 0.823. The third-order valence-corrected chi connectivity index (χ3v) is 5.62. The van der Waals surface area contributed by atoms with Gasteiger partial charge >= 0.3 is 0 Å². The molecule has 7 heteroatoms. The molecule has 1 amide bonds. The first-order chi connectivity index (χ1) is 14.9. The number of hydrogen-bond acceptors (Lipinski definition) is 5. The molecule has 4 rings (SSSR count). The number of carbonyl (C=O) groups excluding carboxylic acids is 1. The first-order valence-electron chi connectivity index (χ1n) is 10.4. The third kappa shape index (κ3) is 4.05. The zero-order valence-electron chi connectivity index (χ0n) is 17.9. The van der Waals surface area contributed by atoms with Crippen molar-refractivity contribution in [2.75, 3.05) is 33.8 Å². The van der Waals surface area contributed by atoms with Crippen LogP contribution < -0.4 is 10.2 Å². The van der Waals surface area contributed by atoms with Gasteiger partial charge in [-0.05, 0) is 56.4 Å². The van der Waals surface area contributed by atoms with Gasteiger partial charge in [-0.3, -0.25) is 9.59 Å². The molecule has 0 N–H and O–H groups in total. The highest BCUT2D eigenvalue weighted by Gasteiger charge is 2.42. The average molecular weight is 441 g/mol. The Bertz CT molecular complexity index is 1170. The van der Waals surface area contributed by atoms with Crippen LogP contribution in [0.3, 0.4) is 0 Å². The number of ether oxygens (including phenoxy) is 1. The summed E-state index contributed by atoms with van der Waals surface area (Å²) in [5.74, 6) is 0.587. The minimum Gasteiger partial charge on any atom is -0.494 e. The van der Waals surface area contributed by atoms with Crippen molar-refractivity contribution in [3.63, 3.8) is 0 Å². The van der Waals surface area contributed by atoms with Crippen molar-refractivity contribution in [1.29, 1.82) is 0 Å². The van der Waals surface area contributed by atoms with E-state index in [4.69, 9.17) is 20.8 Å². The quantitative estimate of drug-likeness (QED) is 0.546. The van der Waals surface area contributed by atoms with Crippen molar-refractivity contribution in [2.24, 2.45) is 0 Å². The van der Waals surface area contributed by atoms with Gasteiger partial charge in [-0.1, -0.05) is 30.7 Å². The Morgan fingerprint density at radius 1 is 1.13 bits per heavy atom. The van der Waals surface area contributed by atoms with E-state index in [1.807, 2.05) is 50.2 Å². The molecule has 162 valence electrons. The lowest BCUT2D eigenvalue weighted by atomic mass is 9.98. The predicted octanol–water partition coefficient (Wildman–Crippen LogP) is 4.34. The summed E-state index contributed by atoms with van der Waals surface area (Å²) in [6.45, 7) is 3.81. The van der Waals surface area contributed by atoms with Crippen LogP contribution in [0.1, 0.15) is 41.1 Å². The molecule has 0 radical (unpaired) electrons. The van der Waals surface area contributed by atoms with Gasteiger partial charge in [-0.25, -0.2) is 0 Å². The first kappa shape index (κ1) is 21.4. The number of halogens is 1. The molecule has 2 heterocycles. The second-order valence-electron chi connectivity index (χ2n) is 7.94. The third-order valence-electron chi connectivity index (χ3n) is 5.38. The molecule has 31 heavy (non-hydrogen) atoms. The lowest BCUT2D eigenvalue weighted by Crippen LogP contribution is -2.35. The van der Waals surface area contributed by atoms with Gasteiger partial charge in [-0.2, -0.15) is 0 Å². The Balaban J connectivity index is 1.84. The number of rotatable bonds is 7. The van der Waals surface area contributed by atoms with Crippen molar-refractivity contribution >= 4 is 28.5 Å². The van der Waals surface area contributed by atoms with Crippen LogP contribution in [0.15, 0.2) is 51.7 Å². The number of likely N-dealkylation sites (N-methyl/N-ethyl adjacent to an activating group) is 1. The van der Waals surface area contributed by atoms with Crippen molar-refractivity contribution in [1.82, 2.24) is 9.80 Å². The Kier molecular flexibility index (Phi) is 6.03. The van der Waals surface area contributed by atoms with Crippen molar-refractivity contribution < 1.29 is 13.9 Å². The molecule has 1 aliphatic heterocycles. The fraction of sp³-hybridized carbons (Fsp3) is 0.333. The molecular formula is C24H25ClN2O4. The van der Waals surface area contributed by atoms with Crippen LogP contribution >= 0.6 is 11.6 Å². The lowest BCUT2D eigenvalue weighted by molar-refractivity contribution is 0.0716. The lowest BCUT2D eigenvalue weighted by Gasteiger charge is -2.26. The minimum absolute atomic E-state index is 0.106. The maximum Gasteiger partial charge on any atom is 0.290 e. The highest BCUT2D eigenvalue weighted by molar-refractivity contribution is 6.31. The molecule has 0 spiro atoms. The molecule has 1 atom stereocenters. The van der Waals surface area contributed by atoms with Crippen LogP contribution in [0.2, 0.25) is 5.02 Å². The van der Waals surface area contributed by atoms with Crippen molar-refractivity contribution in [2.45, 2.75) is 19.4 Å². The SMILES string of the molecule is CCCOc1ccc(C2c3c(oc4ccc(Cl)cc4c3=O)C(=O)N2CCN(C)C)cc1. The Labute approximate surface area is 186 Å². The van der Waals surface area contributed by atoms with Crippen LogP contribution in [0.4, 0.5) is 0 Å². The standard InChI is InChI=1S/C24H25ClN2O4/c1-4-13-30-17-8-5-15(6-9-17)21-20-22(28)18-14-16(25)7-10-19(18)31-23(20)24(29)27(21)12-11-26(2)3/h5-10,14,21H,4,11-13H2,1-3H3. The van der Waals surface area contributed by atoms with Gasteiger partial charge in [0.15, 0.2) is 5.43 Å². The largest absolute Gasteiger partial charge is 0.494 e. The fourth-order valence-electron chi connectivity index (χ4n) is 3.84. The second kappa shape index (κ2) is 8.73. The van der Waals surface area contributed by atoms with Gasteiger partial charge < -0.3 is 19.0 Å². The normalized spacial score (nSPS) is 15.7. The van der Waals surface area contributed by atoms with Crippen LogP contribution in [0, 0.1) is 0 Å². The Morgan fingerprint density at radius 3 is 2.55 bits per heavy atom. The van der Waals surface area contributed by atoms with Gasteiger partial charge in [0, 0.05) is 18.1 Å². The highest BCUT2D eigenvalue weighted by Crippen LogP contribution is 2.38. The van der Waals surface area contributed by atoms with Gasteiger partial charge in [0.2, 0.25) is 5.76 Å². The van der Waals surface area contributed by atoms with Gasteiger partial charge in [0.25, 0.3) is 5.91 Å². The van der Waals surface area contributed by atoms with E-state index in [9.17, 15) is 9.59 Å². The van der Waals surface area contributed by atoms with E-state index in [1.165, 1.54) is 0 Å². The van der Waals surface area contributed by atoms with Gasteiger partial charge in [0.1, 0.15) is 11.3 Å². The zero-order valence-corrected chi connectivity index (χ0v) is 18.6. The smallest absolute Gasteiger partial charge is 0.290 e. The second-order valence-corrected chi connectivity index (χ2v) is 8.37. The van der Waals surface area contributed by atoms with Gasteiger partial charge in [-0.15, -0.1) is 0 Å². The summed E-state index contributed by atoms with van der Waals surface area (Å²) in [7, 11) is 3.89. The van der Waals surface area contributed by atoms with E-state index < -0.39 is 6.04 Å². The number of hydrogen-bond donors (Lipinski definition) is 0. The molecule has 6 nitrogen and oxygen atoms in total. The van der Waals surface area contributed by atoms with E-state index in [0.29, 0.717) is 41.3 Å². The number of nitrogens with zero attached hydrogens (tertiary/aromatic N) is 2. The van der Waals surface area contributed by atoms with Crippen LogP contribution in [0.5, 0.6) is 5.75 Å². The van der Waals surface area contributed by atoms with Crippen LogP contribution in [0.25, 0.3) is 11.0 Å². The molecule has 1 aromatic heterocycles. The number of carbonyl (C=O) groups is 1. The van der Waals surface area contributed by atoms with Gasteiger partial charge in [0.05, 0.1) is 23.6 Å². The summed E-state index contributed by atoms with van der Waals surface area (Å²) < 4.78 is 11.6. The highest BCUT2D eigenvalue weighted by atomic mass is 35.5. The van der Waals surface area contributed by atoms with Crippen LogP contribution in [-0.2, 0) is 0 Å². The minimum atomic E-state index is -0.526. The monoisotopic (exact) mass is 440 g/mol. The Morgan fingerprint density at radius 2 is 1.87 bits per heavy atom. The van der Waals surface area contributed by atoms with Crippen molar-refractivity contribution in [3.05, 3.63) is 74.6 Å². The maximum atomic E-state index is 13.5.